The first-order chi connectivity index (χ1) is 12.6. The summed E-state index contributed by atoms with van der Waals surface area (Å²) in [5, 5.41) is 0. The van der Waals surface area contributed by atoms with E-state index in [1.807, 2.05) is 17.0 Å². The third-order valence-electron chi connectivity index (χ3n) is 6.05. The van der Waals surface area contributed by atoms with Crippen LogP contribution < -0.4 is 0 Å². The molecule has 2 heterocycles. The molecule has 0 saturated carbocycles. The Balaban J connectivity index is 1.54. The molecule has 4 heteroatoms. The molecule has 2 aromatic rings. The van der Waals surface area contributed by atoms with Gasteiger partial charge in [-0.2, -0.15) is 0 Å². The van der Waals surface area contributed by atoms with Gasteiger partial charge in [-0.1, -0.05) is 42.5 Å². The topological polar surface area (TPSA) is 23.6 Å². The van der Waals surface area contributed by atoms with Crippen molar-refractivity contribution >= 4 is 5.91 Å². The number of hydrogen-bond acceptors (Lipinski definition) is 2. The van der Waals surface area contributed by atoms with Crippen molar-refractivity contribution in [2.75, 3.05) is 19.6 Å². The quantitative estimate of drug-likeness (QED) is 0.822. The second-order valence-electron chi connectivity index (χ2n) is 7.68. The number of likely N-dealkylation sites (tertiary alicyclic amines) is 1. The van der Waals surface area contributed by atoms with E-state index in [4.69, 9.17) is 0 Å². The molecule has 0 radical (unpaired) electrons. The van der Waals surface area contributed by atoms with E-state index >= 15 is 0 Å². The van der Waals surface area contributed by atoms with Crippen LogP contribution in [0.4, 0.5) is 4.39 Å². The highest BCUT2D eigenvalue weighted by molar-refractivity contribution is 5.74. The molecule has 136 valence electrons. The molecular formula is C22H25FN2O. The van der Waals surface area contributed by atoms with Crippen LogP contribution in [0, 0.1) is 5.82 Å². The second kappa shape index (κ2) is 6.84. The van der Waals surface area contributed by atoms with Crippen LogP contribution in [0.5, 0.6) is 0 Å². The zero-order valence-electron chi connectivity index (χ0n) is 15.2. The summed E-state index contributed by atoms with van der Waals surface area (Å²) in [7, 11) is 0. The summed E-state index contributed by atoms with van der Waals surface area (Å²) in [4.78, 5) is 16.4. The van der Waals surface area contributed by atoms with E-state index in [0.29, 0.717) is 13.1 Å². The third-order valence-corrected chi connectivity index (χ3v) is 6.05. The molecule has 0 unspecified atom stereocenters. The number of carbonyl (C=O) groups is 1. The summed E-state index contributed by atoms with van der Waals surface area (Å²) in [6.07, 6.45) is 2.00. The molecule has 0 aromatic heterocycles. The van der Waals surface area contributed by atoms with Gasteiger partial charge in [-0.05, 0) is 43.1 Å². The van der Waals surface area contributed by atoms with Crippen LogP contribution in [0.15, 0.2) is 48.5 Å². The smallest absolute Gasteiger partial charge is 0.219 e. The lowest BCUT2D eigenvalue weighted by Gasteiger charge is -2.48. The summed E-state index contributed by atoms with van der Waals surface area (Å²) >= 11 is 0. The highest BCUT2D eigenvalue weighted by Crippen LogP contribution is 2.42. The van der Waals surface area contributed by atoms with E-state index in [1.165, 1.54) is 17.2 Å². The average Bonchev–Trinajstić information content (AvgIpc) is 2.65. The SMILES string of the molecule is CC(=O)N1Cc2ccccc2C2(CCN(Cc3ccccc3F)CC2)C1. The molecule has 0 bridgehead atoms. The molecule has 2 aliphatic heterocycles. The van der Waals surface area contributed by atoms with Crippen molar-refractivity contribution in [3.63, 3.8) is 0 Å². The normalized spacial score (nSPS) is 19.4. The minimum atomic E-state index is -0.126. The zero-order valence-corrected chi connectivity index (χ0v) is 15.2. The predicted molar refractivity (Wildman–Crippen MR) is 100 cm³/mol. The molecule has 26 heavy (non-hydrogen) atoms. The van der Waals surface area contributed by atoms with Gasteiger partial charge in [-0.25, -0.2) is 4.39 Å². The highest BCUT2D eigenvalue weighted by Gasteiger charge is 2.42. The molecule has 0 aliphatic carbocycles. The van der Waals surface area contributed by atoms with Gasteiger partial charge < -0.3 is 4.90 Å². The standard InChI is InChI=1S/C22H25FN2O/c1-17(26)25-15-18-6-2-4-8-20(18)22(16-25)10-12-24(13-11-22)14-19-7-3-5-9-21(19)23/h2-9H,10-16H2,1H3. The maximum absolute atomic E-state index is 14.0. The highest BCUT2D eigenvalue weighted by atomic mass is 19.1. The monoisotopic (exact) mass is 352 g/mol. The van der Waals surface area contributed by atoms with Crippen LogP contribution in [0.2, 0.25) is 0 Å². The molecule has 2 aliphatic rings. The van der Waals surface area contributed by atoms with Crippen LogP contribution >= 0.6 is 0 Å². The van der Waals surface area contributed by atoms with Gasteiger partial charge in [0.1, 0.15) is 5.82 Å². The van der Waals surface area contributed by atoms with E-state index < -0.39 is 0 Å². The molecule has 4 rings (SSSR count). The lowest BCUT2D eigenvalue weighted by atomic mass is 9.69. The summed E-state index contributed by atoms with van der Waals surface area (Å²) in [6, 6.07) is 15.6. The molecule has 2 aromatic carbocycles. The lowest BCUT2D eigenvalue weighted by molar-refractivity contribution is -0.131. The largest absolute Gasteiger partial charge is 0.338 e. The van der Waals surface area contributed by atoms with E-state index in [0.717, 1.165) is 38.0 Å². The third kappa shape index (κ3) is 3.14. The molecule has 1 saturated heterocycles. The van der Waals surface area contributed by atoms with E-state index in [-0.39, 0.29) is 17.1 Å². The van der Waals surface area contributed by atoms with Gasteiger partial charge >= 0.3 is 0 Å². The van der Waals surface area contributed by atoms with Crippen molar-refractivity contribution in [1.82, 2.24) is 9.80 Å². The fraction of sp³-hybridized carbons (Fsp3) is 0.409. The summed E-state index contributed by atoms with van der Waals surface area (Å²) in [6.45, 7) is 5.68. The average molecular weight is 352 g/mol. The van der Waals surface area contributed by atoms with Gasteiger partial charge in [0.05, 0.1) is 0 Å². The number of rotatable bonds is 2. The Morgan fingerprint density at radius 1 is 1.08 bits per heavy atom. The minimum absolute atomic E-state index is 0.0340. The Bertz CT molecular complexity index is 811. The molecule has 0 N–H and O–H groups in total. The van der Waals surface area contributed by atoms with Gasteiger partial charge in [0, 0.05) is 37.5 Å². The van der Waals surface area contributed by atoms with Crippen LogP contribution in [0.25, 0.3) is 0 Å². The molecule has 3 nitrogen and oxygen atoms in total. The van der Waals surface area contributed by atoms with Crippen LogP contribution in [-0.4, -0.2) is 35.3 Å². The summed E-state index contributed by atoms with van der Waals surface area (Å²) < 4.78 is 14.0. The molecule has 1 amide bonds. The minimum Gasteiger partial charge on any atom is -0.338 e. The van der Waals surface area contributed by atoms with Gasteiger partial charge in [-0.3, -0.25) is 9.69 Å². The number of hydrogen-bond donors (Lipinski definition) is 0. The number of amides is 1. The van der Waals surface area contributed by atoms with Crippen molar-refractivity contribution in [2.45, 2.75) is 38.3 Å². The molecule has 0 atom stereocenters. The first-order valence-electron chi connectivity index (χ1n) is 9.37. The fourth-order valence-electron chi connectivity index (χ4n) is 4.54. The maximum Gasteiger partial charge on any atom is 0.219 e. The molecule has 1 spiro atoms. The van der Waals surface area contributed by atoms with E-state index in [9.17, 15) is 9.18 Å². The maximum atomic E-state index is 14.0. The Morgan fingerprint density at radius 2 is 1.77 bits per heavy atom. The van der Waals surface area contributed by atoms with Crippen LogP contribution in [0.3, 0.4) is 0 Å². The lowest BCUT2D eigenvalue weighted by Crippen LogP contribution is -2.52. The number of halogens is 1. The van der Waals surface area contributed by atoms with Gasteiger partial charge in [0.25, 0.3) is 0 Å². The van der Waals surface area contributed by atoms with Crippen LogP contribution in [-0.2, 0) is 23.3 Å². The summed E-state index contributed by atoms with van der Waals surface area (Å²) in [5.41, 5.74) is 3.48. The van der Waals surface area contributed by atoms with Crippen molar-refractivity contribution in [1.29, 1.82) is 0 Å². The Hall–Kier alpha value is -2.20. The zero-order chi connectivity index (χ0) is 18.1. The molecule has 1 fully saturated rings. The number of benzene rings is 2. The summed E-state index contributed by atoms with van der Waals surface area (Å²) in [5.74, 6) is 0.0196. The molecular weight excluding hydrogens is 327 g/mol. The number of piperidine rings is 1. The van der Waals surface area contributed by atoms with E-state index in [1.54, 1.807) is 13.0 Å². The van der Waals surface area contributed by atoms with E-state index in [2.05, 4.69) is 29.2 Å². The van der Waals surface area contributed by atoms with Gasteiger partial charge in [-0.15, -0.1) is 0 Å². The van der Waals surface area contributed by atoms with Crippen molar-refractivity contribution < 1.29 is 9.18 Å². The first kappa shape index (κ1) is 17.2. The Kier molecular flexibility index (Phi) is 4.53. The van der Waals surface area contributed by atoms with Crippen molar-refractivity contribution in [2.24, 2.45) is 0 Å². The van der Waals surface area contributed by atoms with Crippen LogP contribution in [0.1, 0.15) is 36.5 Å². The number of fused-ring (bicyclic) bond motifs is 2. The first-order valence-corrected chi connectivity index (χ1v) is 9.37. The predicted octanol–water partition coefficient (Wildman–Crippen LogP) is 3.72. The van der Waals surface area contributed by atoms with Crippen molar-refractivity contribution in [3.8, 4) is 0 Å². The number of carbonyl (C=O) groups excluding carboxylic acids is 1. The number of nitrogens with zero attached hydrogens (tertiary/aromatic N) is 2. The Labute approximate surface area is 154 Å². The van der Waals surface area contributed by atoms with Gasteiger partial charge in [0.15, 0.2) is 0 Å². The second-order valence-corrected chi connectivity index (χ2v) is 7.68. The van der Waals surface area contributed by atoms with Gasteiger partial charge in [0.2, 0.25) is 5.91 Å². The fourth-order valence-corrected chi connectivity index (χ4v) is 4.54. The van der Waals surface area contributed by atoms with Crippen molar-refractivity contribution in [3.05, 3.63) is 71.0 Å². The Morgan fingerprint density at radius 3 is 2.50 bits per heavy atom.